The average molecular weight is 329 g/mol. The van der Waals surface area contributed by atoms with Crippen LogP contribution in [0.3, 0.4) is 0 Å². The number of rotatable bonds is 3. The summed E-state index contributed by atoms with van der Waals surface area (Å²) in [6.45, 7) is 3.08. The van der Waals surface area contributed by atoms with Gasteiger partial charge in [-0.05, 0) is 19.4 Å². The van der Waals surface area contributed by atoms with Crippen LogP contribution in [-0.4, -0.2) is 30.2 Å². The summed E-state index contributed by atoms with van der Waals surface area (Å²) in [5, 5.41) is 9.95. The molecule has 0 saturated heterocycles. The van der Waals surface area contributed by atoms with Crippen LogP contribution in [0.2, 0.25) is 0 Å². The normalized spacial score (nSPS) is 27.2. The number of nitrogens with two attached hydrogens (primary N) is 1. The largest absolute Gasteiger partial charge is 0.386 e. The molecule has 1 heterocycles. The molecule has 0 aromatic heterocycles. The van der Waals surface area contributed by atoms with E-state index in [2.05, 4.69) is 4.99 Å². The molecular formula is C13H16FN3O4S. The molecule has 0 radical (unpaired) electrons. The maximum atomic E-state index is 14.1. The molecule has 0 saturated carbocycles. The van der Waals surface area contributed by atoms with Crippen molar-refractivity contribution in [1.82, 2.24) is 0 Å². The Morgan fingerprint density at radius 1 is 1.55 bits per heavy atom. The molecule has 2 N–H and O–H groups in total. The van der Waals surface area contributed by atoms with Gasteiger partial charge in [-0.25, -0.2) is 12.8 Å². The first-order valence-electron chi connectivity index (χ1n) is 6.62. The van der Waals surface area contributed by atoms with Crippen LogP contribution in [0.5, 0.6) is 0 Å². The van der Waals surface area contributed by atoms with E-state index in [0.29, 0.717) is 0 Å². The third kappa shape index (κ3) is 2.68. The number of amidine groups is 1. The summed E-state index contributed by atoms with van der Waals surface area (Å²) < 4.78 is 38.7. The summed E-state index contributed by atoms with van der Waals surface area (Å²) in [4.78, 5) is 14.3. The quantitative estimate of drug-likeness (QED) is 0.666. The lowest BCUT2D eigenvalue weighted by molar-refractivity contribution is -0.385. The number of benzene rings is 1. The Morgan fingerprint density at radius 2 is 2.18 bits per heavy atom. The van der Waals surface area contributed by atoms with Crippen LogP contribution in [-0.2, 0) is 15.4 Å². The molecule has 0 aliphatic carbocycles. The van der Waals surface area contributed by atoms with E-state index in [1.807, 2.05) is 0 Å². The van der Waals surface area contributed by atoms with Gasteiger partial charge in [0.05, 0.1) is 10.7 Å². The molecule has 0 unspecified atom stereocenters. The van der Waals surface area contributed by atoms with E-state index in [4.69, 9.17) is 5.73 Å². The summed E-state index contributed by atoms with van der Waals surface area (Å²) in [5.41, 5.74) is 3.78. The van der Waals surface area contributed by atoms with Crippen molar-refractivity contribution in [3.63, 3.8) is 0 Å². The van der Waals surface area contributed by atoms with Gasteiger partial charge in [0, 0.05) is 17.7 Å². The van der Waals surface area contributed by atoms with Crippen molar-refractivity contribution in [1.29, 1.82) is 0 Å². The minimum absolute atomic E-state index is 0.0952. The minimum atomic E-state index is -3.62. The van der Waals surface area contributed by atoms with Crippen molar-refractivity contribution in [2.75, 3.05) is 5.75 Å². The highest BCUT2D eigenvalue weighted by Gasteiger charge is 2.44. The minimum Gasteiger partial charge on any atom is -0.386 e. The molecule has 1 aliphatic heterocycles. The van der Waals surface area contributed by atoms with E-state index in [1.54, 1.807) is 6.92 Å². The lowest BCUT2D eigenvalue weighted by atomic mass is 9.93. The summed E-state index contributed by atoms with van der Waals surface area (Å²) >= 11 is 0. The number of nitro groups is 1. The number of hydrogen-bond acceptors (Lipinski definition) is 6. The SMILES string of the molecule is CC[C@@H]1C(N)=N[C@](C)(c2cc([N+](=O)[O-])ccc2F)CS1(=O)=O. The maximum absolute atomic E-state index is 14.1. The van der Waals surface area contributed by atoms with E-state index in [0.717, 1.165) is 18.2 Å². The van der Waals surface area contributed by atoms with Crippen molar-refractivity contribution < 1.29 is 17.7 Å². The highest BCUT2D eigenvalue weighted by atomic mass is 32.2. The number of sulfone groups is 1. The van der Waals surface area contributed by atoms with Crippen molar-refractivity contribution in [3.05, 3.63) is 39.7 Å². The summed E-state index contributed by atoms with van der Waals surface area (Å²) in [6, 6.07) is 2.96. The molecular weight excluding hydrogens is 313 g/mol. The molecule has 0 fully saturated rings. The number of hydrogen-bond donors (Lipinski definition) is 1. The van der Waals surface area contributed by atoms with Crippen molar-refractivity contribution in [2.24, 2.45) is 10.7 Å². The fourth-order valence-electron chi connectivity index (χ4n) is 2.71. The molecule has 1 aliphatic rings. The molecule has 22 heavy (non-hydrogen) atoms. The Kier molecular flexibility index (Phi) is 3.94. The summed E-state index contributed by atoms with van der Waals surface area (Å²) in [7, 11) is -3.62. The van der Waals surface area contributed by atoms with Crippen molar-refractivity contribution in [2.45, 2.75) is 31.1 Å². The molecule has 9 heteroatoms. The van der Waals surface area contributed by atoms with Crippen LogP contribution in [0, 0.1) is 15.9 Å². The van der Waals surface area contributed by atoms with Gasteiger partial charge in [0.15, 0.2) is 9.84 Å². The summed E-state index contributed by atoms with van der Waals surface area (Å²) in [5.74, 6) is -1.30. The van der Waals surface area contributed by atoms with Crippen molar-refractivity contribution in [3.8, 4) is 0 Å². The van der Waals surface area contributed by atoms with Gasteiger partial charge in [-0.15, -0.1) is 0 Å². The molecule has 2 rings (SSSR count). The Hall–Kier alpha value is -2.03. The standard InChI is InChI=1S/C13H16FN3O4S/c1-3-11-12(15)16-13(2,7-22(11,20)21)9-6-8(17(18)19)4-5-10(9)14/h4-6,11H,3,7H2,1-2H3,(H2,15,16)/t11-,13+/m1/s1. The molecule has 1 aromatic carbocycles. The molecule has 120 valence electrons. The number of halogens is 1. The molecule has 0 spiro atoms. The molecule has 7 nitrogen and oxygen atoms in total. The zero-order chi connectivity index (χ0) is 16.7. The van der Waals surface area contributed by atoms with Gasteiger partial charge in [-0.3, -0.25) is 15.1 Å². The van der Waals surface area contributed by atoms with Gasteiger partial charge in [-0.2, -0.15) is 0 Å². The van der Waals surface area contributed by atoms with E-state index in [1.165, 1.54) is 6.92 Å². The average Bonchev–Trinajstić information content (AvgIpc) is 2.36. The number of non-ortho nitro benzene ring substituents is 1. The smallest absolute Gasteiger partial charge is 0.270 e. The maximum Gasteiger partial charge on any atom is 0.270 e. The van der Waals surface area contributed by atoms with Gasteiger partial charge in [-0.1, -0.05) is 6.92 Å². The lowest BCUT2D eigenvalue weighted by Crippen LogP contribution is -2.48. The Morgan fingerprint density at radius 3 is 2.68 bits per heavy atom. The third-order valence-corrected chi connectivity index (χ3v) is 6.14. The molecule has 1 aromatic rings. The number of nitrogens with zero attached hydrogens (tertiary/aromatic N) is 2. The monoisotopic (exact) mass is 329 g/mol. The first-order valence-corrected chi connectivity index (χ1v) is 8.33. The predicted octanol–water partition coefficient (Wildman–Crippen LogP) is 1.51. The molecule has 0 bridgehead atoms. The van der Waals surface area contributed by atoms with Gasteiger partial charge in [0.2, 0.25) is 0 Å². The Bertz CT molecular complexity index is 763. The first-order chi connectivity index (χ1) is 10.1. The van der Waals surface area contributed by atoms with Crippen LogP contribution < -0.4 is 5.73 Å². The van der Waals surface area contributed by atoms with Crippen LogP contribution in [0.15, 0.2) is 23.2 Å². The van der Waals surface area contributed by atoms with E-state index < -0.39 is 37.1 Å². The van der Waals surface area contributed by atoms with E-state index in [9.17, 15) is 22.9 Å². The van der Waals surface area contributed by atoms with Gasteiger partial charge < -0.3 is 5.73 Å². The predicted molar refractivity (Wildman–Crippen MR) is 79.9 cm³/mol. The van der Waals surface area contributed by atoms with Crippen molar-refractivity contribution >= 4 is 21.4 Å². The van der Waals surface area contributed by atoms with Crippen LogP contribution >= 0.6 is 0 Å². The zero-order valence-corrected chi connectivity index (χ0v) is 12.9. The van der Waals surface area contributed by atoms with Crippen LogP contribution in [0.1, 0.15) is 25.8 Å². The van der Waals surface area contributed by atoms with Gasteiger partial charge in [0.1, 0.15) is 22.4 Å². The second-order valence-corrected chi connectivity index (χ2v) is 7.62. The van der Waals surface area contributed by atoms with E-state index >= 15 is 0 Å². The number of nitro benzene ring substituents is 1. The fraction of sp³-hybridized carbons (Fsp3) is 0.462. The molecule has 0 amide bonds. The number of aliphatic imine (C=N–C) groups is 1. The first kappa shape index (κ1) is 16.3. The zero-order valence-electron chi connectivity index (χ0n) is 12.1. The van der Waals surface area contributed by atoms with Gasteiger partial charge >= 0.3 is 0 Å². The summed E-state index contributed by atoms with van der Waals surface area (Å²) in [6.07, 6.45) is 0.269. The Labute approximate surface area is 127 Å². The van der Waals surface area contributed by atoms with Crippen LogP contribution in [0.25, 0.3) is 0 Å². The second-order valence-electron chi connectivity index (χ2n) is 5.44. The highest BCUT2D eigenvalue weighted by Crippen LogP contribution is 2.36. The van der Waals surface area contributed by atoms with E-state index in [-0.39, 0.29) is 23.5 Å². The lowest BCUT2D eigenvalue weighted by Gasteiger charge is -2.33. The third-order valence-electron chi connectivity index (χ3n) is 3.73. The van der Waals surface area contributed by atoms with Crippen LogP contribution in [0.4, 0.5) is 10.1 Å². The topological polar surface area (TPSA) is 116 Å². The molecule has 2 atom stereocenters. The van der Waals surface area contributed by atoms with Gasteiger partial charge in [0.25, 0.3) is 5.69 Å². The second kappa shape index (κ2) is 5.31. The fourth-order valence-corrected chi connectivity index (χ4v) is 4.84. The Balaban J connectivity index is 2.64. The highest BCUT2D eigenvalue weighted by molar-refractivity contribution is 7.92.